The van der Waals surface area contributed by atoms with Crippen molar-refractivity contribution in [1.29, 1.82) is 0 Å². The van der Waals surface area contributed by atoms with Crippen molar-refractivity contribution in [3.63, 3.8) is 0 Å². The second-order valence-electron chi connectivity index (χ2n) is 5.82. The lowest BCUT2D eigenvalue weighted by Crippen LogP contribution is -2.36. The number of benzene rings is 1. The average molecular weight is 309 g/mol. The topological polar surface area (TPSA) is 87.9 Å². The molecule has 1 rings (SSSR count). The van der Waals surface area contributed by atoms with Gasteiger partial charge in [0.2, 0.25) is 0 Å². The van der Waals surface area contributed by atoms with E-state index in [1.807, 2.05) is 30.3 Å². The van der Waals surface area contributed by atoms with E-state index in [-0.39, 0.29) is 6.42 Å². The van der Waals surface area contributed by atoms with Crippen LogP contribution in [0.4, 0.5) is 4.79 Å². The first-order valence-corrected chi connectivity index (χ1v) is 7.10. The monoisotopic (exact) mass is 309 g/mol. The largest absolute Gasteiger partial charge is 0.516 e. The molecular weight excluding hydrogens is 286 g/mol. The molecule has 0 aliphatic heterocycles. The van der Waals surface area contributed by atoms with Crippen LogP contribution >= 0.6 is 0 Å². The van der Waals surface area contributed by atoms with Crippen molar-refractivity contribution in [2.75, 3.05) is 6.61 Å². The van der Waals surface area contributed by atoms with E-state index >= 15 is 0 Å². The van der Waals surface area contributed by atoms with Crippen molar-refractivity contribution in [3.05, 3.63) is 35.9 Å². The van der Waals surface area contributed by atoms with Crippen molar-refractivity contribution in [1.82, 2.24) is 0 Å². The van der Waals surface area contributed by atoms with E-state index in [0.717, 1.165) is 5.56 Å². The summed E-state index contributed by atoms with van der Waals surface area (Å²) in [5.41, 5.74) is 5.96. The van der Waals surface area contributed by atoms with Crippen molar-refractivity contribution in [2.24, 2.45) is 5.73 Å². The van der Waals surface area contributed by atoms with E-state index in [4.69, 9.17) is 15.2 Å². The number of carbonyl (C=O) groups is 2. The van der Waals surface area contributed by atoms with Gasteiger partial charge in [-0.3, -0.25) is 0 Å². The van der Waals surface area contributed by atoms with E-state index in [1.54, 1.807) is 20.8 Å². The second kappa shape index (κ2) is 8.51. The van der Waals surface area contributed by atoms with Gasteiger partial charge in [0, 0.05) is 6.61 Å². The van der Waals surface area contributed by atoms with Gasteiger partial charge in [-0.05, 0) is 32.8 Å². The van der Waals surface area contributed by atoms with Gasteiger partial charge in [0.1, 0.15) is 11.6 Å². The molecule has 0 fully saturated rings. The molecule has 6 nitrogen and oxygen atoms in total. The maximum absolute atomic E-state index is 11.6. The van der Waals surface area contributed by atoms with Gasteiger partial charge in [0.05, 0.1) is 6.61 Å². The minimum absolute atomic E-state index is 0.258. The van der Waals surface area contributed by atoms with Crippen molar-refractivity contribution in [3.8, 4) is 0 Å². The number of carbonyl (C=O) groups excluding carboxylic acids is 2. The molecule has 0 aromatic heterocycles. The molecule has 1 aromatic carbocycles. The lowest BCUT2D eigenvalue weighted by molar-refractivity contribution is -0.143. The molecule has 122 valence electrons. The van der Waals surface area contributed by atoms with Crippen LogP contribution in [-0.4, -0.2) is 30.4 Å². The fraction of sp³-hybridized carbons (Fsp3) is 0.500. The number of ether oxygens (including phenoxy) is 3. The van der Waals surface area contributed by atoms with E-state index in [1.165, 1.54) is 0 Å². The Bertz CT molecular complexity index is 481. The summed E-state index contributed by atoms with van der Waals surface area (Å²) in [5, 5.41) is 0. The van der Waals surface area contributed by atoms with Crippen LogP contribution in [0.2, 0.25) is 0 Å². The van der Waals surface area contributed by atoms with Crippen molar-refractivity contribution < 1.29 is 23.8 Å². The molecule has 0 aliphatic carbocycles. The van der Waals surface area contributed by atoms with E-state index in [9.17, 15) is 9.59 Å². The van der Waals surface area contributed by atoms with Gasteiger partial charge in [0.15, 0.2) is 0 Å². The van der Waals surface area contributed by atoms with Gasteiger partial charge < -0.3 is 19.9 Å². The molecule has 0 aliphatic rings. The molecule has 0 amide bonds. The summed E-state index contributed by atoms with van der Waals surface area (Å²) in [6.45, 7) is 5.76. The number of esters is 1. The number of nitrogens with two attached hydrogens (primary N) is 1. The first-order chi connectivity index (χ1) is 10.3. The fourth-order valence-electron chi connectivity index (χ4n) is 1.52. The molecule has 0 heterocycles. The van der Waals surface area contributed by atoms with Gasteiger partial charge in [0.25, 0.3) is 0 Å². The predicted octanol–water partition coefficient (Wildman–Crippen LogP) is 2.40. The van der Waals surface area contributed by atoms with Crippen LogP contribution in [0.25, 0.3) is 0 Å². The minimum atomic E-state index is -1.04. The third kappa shape index (κ3) is 7.75. The molecule has 0 radical (unpaired) electrons. The van der Waals surface area contributed by atoms with Crippen molar-refractivity contribution >= 4 is 12.1 Å². The third-order valence-corrected chi connectivity index (χ3v) is 2.56. The molecule has 0 bridgehead atoms. The van der Waals surface area contributed by atoms with E-state index in [2.05, 4.69) is 4.74 Å². The quantitative estimate of drug-likeness (QED) is 0.493. The lowest BCUT2D eigenvalue weighted by Gasteiger charge is -2.19. The highest BCUT2D eigenvalue weighted by Gasteiger charge is 2.23. The van der Waals surface area contributed by atoms with Crippen molar-refractivity contribution in [2.45, 2.75) is 45.4 Å². The normalized spacial score (nSPS) is 12.5. The molecule has 1 aromatic rings. The third-order valence-electron chi connectivity index (χ3n) is 2.56. The fourth-order valence-corrected chi connectivity index (χ4v) is 1.52. The van der Waals surface area contributed by atoms with Gasteiger partial charge in [-0.25, -0.2) is 9.59 Å². The maximum Gasteiger partial charge on any atom is 0.516 e. The van der Waals surface area contributed by atoms with Crippen LogP contribution in [0.5, 0.6) is 0 Å². The van der Waals surface area contributed by atoms with Gasteiger partial charge in [-0.1, -0.05) is 30.3 Å². The highest BCUT2D eigenvalue weighted by atomic mass is 16.7. The summed E-state index contributed by atoms with van der Waals surface area (Å²) < 4.78 is 14.8. The zero-order chi connectivity index (χ0) is 16.6. The first kappa shape index (κ1) is 18.1. The summed E-state index contributed by atoms with van der Waals surface area (Å²) in [7, 11) is 0. The Kier molecular flexibility index (Phi) is 7.01. The lowest BCUT2D eigenvalue weighted by atomic mass is 10.2. The smallest absolute Gasteiger partial charge is 0.428 e. The van der Waals surface area contributed by atoms with E-state index in [0.29, 0.717) is 13.2 Å². The zero-order valence-corrected chi connectivity index (χ0v) is 13.2. The standard InChI is InChI=1S/C16H23NO5/c1-16(2,3)22-15(19)21-14(18)13(17)9-10-20-11-12-7-5-4-6-8-12/h4-8,13H,9-11,17H2,1-3H3/t13-/m0/s1. The number of rotatable bonds is 6. The molecule has 6 heteroatoms. The Hall–Kier alpha value is -1.92. The van der Waals surface area contributed by atoms with Gasteiger partial charge >= 0.3 is 12.1 Å². The Morgan fingerprint density at radius 2 is 1.82 bits per heavy atom. The summed E-state index contributed by atoms with van der Waals surface area (Å²) >= 11 is 0. The first-order valence-electron chi connectivity index (χ1n) is 7.10. The maximum atomic E-state index is 11.6. The Balaban J connectivity index is 2.22. The summed E-state index contributed by atoms with van der Waals surface area (Å²) in [6, 6.07) is 8.72. The predicted molar refractivity (Wildman–Crippen MR) is 81.0 cm³/mol. The molecule has 0 saturated carbocycles. The molecule has 0 saturated heterocycles. The highest BCUT2D eigenvalue weighted by Crippen LogP contribution is 2.09. The van der Waals surface area contributed by atoms with Crippen LogP contribution in [0.15, 0.2) is 30.3 Å². The molecule has 2 N–H and O–H groups in total. The Morgan fingerprint density at radius 1 is 1.18 bits per heavy atom. The average Bonchev–Trinajstić information content (AvgIpc) is 2.42. The summed E-state index contributed by atoms with van der Waals surface area (Å²) in [5.74, 6) is -0.822. The van der Waals surface area contributed by atoms with E-state index < -0.39 is 23.8 Å². The zero-order valence-electron chi connectivity index (χ0n) is 13.2. The number of hydrogen-bond acceptors (Lipinski definition) is 6. The van der Waals surface area contributed by atoms with Crippen LogP contribution < -0.4 is 5.73 Å². The summed E-state index contributed by atoms with van der Waals surface area (Å²) in [6.07, 6.45) is -0.785. The van der Waals surface area contributed by atoms with Crippen LogP contribution in [0, 0.1) is 0 Å². The van der Waals surface area contributed by atoms with Crippen LogP contribution in [-0.2, 0) is 25.6 Å². The van der Waals surface area contributed by atoms with Crippen LogP contribution in [0.1, 0.15) is 32.8 Å². The van der Waals surface area contributed by atoms with Gasteiger partial charge in [-0.2, -0.15) is 0 Å². The minimum Gasteiger partial charge on any atom is -0.428 e. The molecule has 1 atom stereocenters. The Morgan fingerprint density at radius 3 is 2.41 bits per heavy atom. The number of hydrogen-bond donors (Lipinski definition) is 1. The molecular formula is C16H23NO5. The van der Waals surface area contributed by atoms with Crippen LogP contribution in [0.3, 0.4) is 0 Å². The second-order valence-corrected chi connectivity index (χ2v) is 5.82. The van der Waals surface area contributed by atoms with Gasteiger partial charge in [-0.15, -0.1) is 0 Å². The summed E-state index contributed by atoms with van der Waals surface area (Å²) in [4.78, 5) is 22.9. The molecule has 22 heavy (non-hydrogen) atoms. The molecule has 0 unspecified atom stereocenters. The Labute approximate surface area is 130 Å². The SMILES string of the molecule is CC(C)(C)OC(=O)OC(=O)[C@@H](N)CCOCc1ccccc1. The molecule has 0 spiro atoms. The highest BCUT2D eigenvalue weighted by molar-refractivity contribution is 5.85.